The first-order valence-corrected chi connectivity index (χ1v) is 15.4. The van der Waals surface area contributed by atoms with Gasteiger partial charge in [0.15, 0.2) is 5.60 Å². The summed E-state index contributed by atoms with van der Waals surface area (Å²) in [5.74, 6) is -0.258. The summed E-state index contributed by atoms with van der Waals surface area (Å²) in [6.07, 6.45) is 7.75. The summed E-state index contributed by atoms with van der Waals surface area (Å²) < 4.78 is 37.8. The standard InChI is InChI=1S/C37H30F2OS/c1-4-36(5-2)33-30(21-25(38)22-31(33)39)32-27-13-9-10-14-28(27)35-29(34(32)36)19-20-37(40-35,23-11-7-6-8-12-23)24-15-17-26(41-3)18-16-24/h6-22H,4-5H2,1-3H3. The second kappa shape index (κ2) is 9.60. The molecule has 0 radical (unpaired) electrons. The van der Waals surface area contributed by atoms with Crippen LogP contribution in [0.3, 0.4) is 0 Å². The molecular formula is C37H30F2OS. The van der Waals surface area contributed by atoms with E-state index in [-0.39, 0.29) is 0 Å². The van der Waals surface area contributed by atoms with Crippen molar-refractivity contribution in [2.24, 2.45) is 0 Å². The Hall–Kier alpha value is -3.89. The first-order chi connectivity index (χ1) is 20.0. The molecule has 0 fully saturated rings. The molecule has 0 amide bonds. The van der Waals surface area contributed by atoms with Gasteiger partial charge < -0.3 is 4.74 Å². The number of rotatable bonds is 5. The molecule has 0 spiro atoms. The van der Waals surface area contributed by atoms with Gasteiger partial charge >= 0.3 is 0 Å². The molecule has 1 atom stereocenters. The second-order valence-electron chi connectivity index (χ2n) is 10.9. The normalized spacial score (nSPS) is 18.1. The van der Waals surface area contributed by atoms with Gasteiger partial charge in [0, 0.05) is 44.0 Å². The Kier molecular flexibility index (Phi) is 6.09. The summed E-state index contributed by atoms with van der Waals surface area (Å²) in [4.78, 5) is 1.18. The summed E-state index contributed by atoms with van der Waals surface area (Å²) in [5, 5.41) is 1.89. The molecule has 204 valence electrons. The van der Waals surface area contributed by atoms with E-state index in [0.29, 0.717) is 24.0 Å². The van der Waals surface area contributed by atoms with Crippen LogP contribution < -0.4 is 4.74 Å². The zero-order valence-electron chi connectivity index (χ0n) is 23.3. The fourth-order valence-corrected chi connectivity index (χ4v) is 7.62. The highest BCUT2D eigenvalue weighted by Gasteiger charge is 2.48. The van der Waals surface area contributed by atoms with Crippen molar-refractivity contribution in [3.8, 4) is 16.9 Å². The predicted octanol–water partition coefficient (Wildman–Crippen LogP) is 10.3. The van der Waals surface area contributed by atoms with Crippen molar-refractivity contribution >= 4 is 28.6 Å². The highest BCUT2D eigenvalue weighted by atomic mass is 32.2. The van der Waals surface area contributed by atoms with Gasteiger partial charge in [0.25, 0.3) is 0 Å². The Balaban J connectivity index is 1.58. The van der Waals surface area contributed by atoms with E-state index in [4.69, 9.17) is 4.74 Å². The van der Waals surface area contributed by atoms with E-state index < -0.39 is 22.7 Å². The highest BCUT2D eigenvalue weighted by molar-refractivity contribution is 7.98. The van der Waals surface area contributed by atoms with Crippen molar-refractivity contribution in [1.82, 2.24) is 0 Å². The minimum Gasteiger partial charge on any atom is -0.472 e. The van der Waals surface area contributed by atoms with Gasteiger partial charge in [-0.05, 0) is 65.4 Å². The molecule has 0 bridgehead atoms. The van der Waals surface area contributed by atoms with Crippen molar-refractivity contribution in [3.05, 3.63) is 137 Å². The molecule has 5 aromatic carbocycles. The summed E-state index contributed by atoms with van der Waals surface area (Å²) in [6, 6.07) is 29.5. The molecule has 0 saturated heterocycles. The SMILES string of the molecule is CCC1(CC)c2c(F)cc(F)cc2-c2c1c1c(c3ccccc23)OC(c2ccccc2)(c2ccc(SC)cc2)C=C1. The van der Waals surface area contributed by atoms with E-state index >= 15 is 4.39 Å². The number of halogens is 2. The Labute approximate surface area is 243 Å². The largest absolute Gasteiger partial charge is 0.472 e. The summed E-state index contributed by atoms with van der Waals surface area (Å²) in [5.41, 5.74) is 4.75. The average molecular weight is 561 g/mol. The molecule has 1 heterocycles. The van der Waals surface area contributed by atoms with Crippen LogP contribution in [0.5, 0.6) is 5.75 Å². The molecule has 2 aliphatic rings. The van der Waals surface area contributed by atoms with E-state index in [2.05, 4.69) is 80.8 Å². The second-order valence-corrected chi connectivity index (χ2v) is 11.8. The number of hydrogen-bond acceptors (Lipinski definition) is 2. The van der Waals surface area contributed by atoms with Gasteiger partial charge in [-0.25, -0.2) is 8.78 Å². The number of thioether (sulfide) groups is 1. The van der Waals surface area contributed by atoms with E-state index in [1.165, 1.54) is 11.0 Å². The monoisotopic (exact) mass is 560 g/mol. The zero-order valence-corrected chi connectivity index (χ0v) is 24.1. The van der Waals surface area contributed by atoms with Gasteiger partial charge in [-0.15, -0.1) is 11.8 Å². The van der Waals surface area contributed by atoms with Gasteiger partial charge in [-0.1, -0.05) is 86.7 Å². The van der Waals surface area contributed by atoms with Crippen LogP contribution >= 0.6 is 11.8 Å². The maximum absolute atomic E-state index is 15.8. The van der Waals surface area contributed by atoms with Crippen molar-refractivity contribution in [2.75, 3.05) is 6.26 Å². The van der Waals surface area contributed by atoms with Crippen LogP contribution in [0.4, 0.5) is 8.78 Å². The third-order valence-electron chi connectivity index (χ3n) is 9.16. The van der Waals surface area contributed by atoms with Crippen LogP contribution in [0.2, 0.25) is 0 Å². The Morgan fingerprint density at radius 1 is 0.756 bits per heavy atom. The minimum atomic E-state index is -0.855. The Morgan fingerprint density at radius 2 is 1.41 bits per heavy atom. The number of benzene rings is 5. The molecule has 41 heavy (non-hydrogen) atoms. The average Bonchev–Trinajstić information content (AvgIpc) is 3.32. The number of fused-ring (bicyclic) bond motifs is 8. The molecule has 1 unspecified atom stereocenters. The van der Waals surface area contributed by atoms with E-state index in [1.54, 1.807) is 11.8 Å². The van der Waals surface area contributed by atoms with Gasteiger partial charge in [-0.3, -0.25) is 0 Å². The fraction of sp³-hybridized carbons (Fsp3) is 0.189. The molecule has 7 rings (SSSR count). The van der Waals surface area contributed by atoms with E-state index in [0.717, 1.165) is 50.4 Å². The molecule has 0 saturated carbocycles. The summed E-state index contributed by atoms with van der Waals surface area (Å²) >= 11 is 1.71. The van der Waals surface area contributed by atoms with E-state index in [1.807, 2.05) is 30.3 Å². The Morgan fingerprint density at radius 3 is 2.10 bits per heavy atom. The summed E-state index contributed by atoms with van der Waals surface area (Å²) in [7, 11) is 0. The van der Waals surface area contributed by atoms with Crippen LogP contribution in [0.1, 0.15) is 54.5 Å². The van der Waals surface area contributed by atoms with Crippen molar-refractivity contribution < 1.29 is 13.5 Å². The molecule has 1 aliphatic carbocycles. The molecule has 1 aliphatic heterocycles. The van der Waals surface area contributed by atoms with Gasteiger partial charge in [-0.2, -0.15) is 0 Å². The molecule has 0 N–H and O–H groups in total. The molecule has 4 heteroatoms. The highest BCUT2D eigenvalue weighted by Crippen LogP contribution is 2.60. The predicted molar refractivity (Wildman–Crippen MR) is 166 cm³/mol. The molecule has 1 nitrogen and oxygen atoms in total. The van der Waals surface area contributed by atoms with Crippen LogP contribution in [-0.2, 0) is 11.0 Å². The quantitative estimate of drug-likeness (QED) is 0.198. The maximum Gasteiger partial charge on any atom is 0.178 e. The lowest BCUT2D eigenvalue weighted by Gasteiger charge is -2.39. The van der Waals surface area contributed by atoms with Gasteiger partial charge in [0.2, 0.25) is 0 Å². The van der Waals surface area contributed by atoms with Crippen molar-refractivity contribution in [1.29, 1.82) is 0 Å². The maximum atomic E-state index is 15.8. The smallest absolute Gasteiger partial charge is 0.178 e. The third kappa shape index (κ3) is 3.59. The van der Waals surface area contributed by atoms with Crippen LogP contribution in [-0.4, -0.2) is 6.26 Å². The van der Waals surface area contributed by atoms with Crippen molar-refractivity contribution in [3.63, 3.8) is 0 Å². The number of hydrogen-bond donors (Lipinski definition) is 0. The first kappa shape index (κ1) is 26.0. The lowest BCUT2D eigenvalue weighted by atomic mass is 9.71. The topological polar surface area (TPSA) is 9.23 Å². The van der Waals surface area contributed by atoms with Crippen LogP contribution in [0.15, 0.2) is 102 Å². The Bertz CT molecular complexity index is 1840. The first-order valence-electron chi connectivity index (χ1n) is 14.1. The zero-order chi connectivity index (χ0) is 28.4. The molecular weight excluding hydrogens is 530 g/mol. The van der Waals surface area contributed by atoms with Gasteiger partial charge in [0.05, 0.1) is 0 Å². The lowest BCUT2D eigenvalue weighted by Crippen LogP contribution is -2.35. The molecule has 0 aromatic heterocycles. The lowest BCUT2D eigenvalue weighted by molar-refractivity contribution is 0.163. The summed E-state index contributed by atoms with van der Waals surface area (Å²) in [6.45, 7) is 4.20. The van der Waals surface area contributed by atoms with E-state index in [9.17, 15) is 4.39 Å². The van der Waals surface area contributed by atoms with Gasteiger partial charge in [0.1, 0.15) is 17.4 Å². The minimum absolute atomic E-state index is 0.481. The fourth-order valence-electron chi connectivity index (χ4n) is 7.21. The van der Waals surface area contributed by atoms with Crippen molar-refractivity contribution in [2.45, 2.75) is 42.6 Å². The molecule has 5 aromatic rings. The van der Waals surface area contributed by atoms with Crippen LogP contribution in [0, 0.1) is 11.6 Å². The van der Waals surface area contributed by atoms with Crippen LogP contribution in [0.25, 0.3) is 28.0 Å². The third-order valence-corrected chi connectivity index (χ3v) is 9.91. The number of ether oxygens (including phenoxy) is 1.